The molecule has 94 valence electrons. The molecule has 0 aliphatic carbocycles. The maximum atomic E-state index is 11.0. The highest BCUT2D eigenvalue weighted by atomic mass is 16.6. The molecular weight excluding hydrogens is 240 g/mol. The summed E-state index contributed by atoms with van der Waals surface area (Å²) in [6, 6.07) is 2.23. The van der Waals surface area contributed by atoms with Crippen LogP contribution in [0.25, 0.3) is 0 Å². The maximum absolute atomic E-state index is 11.0. The van der Waals surface area contributed by atoms with E-state index in [1.807, 2.05) is 0 Å². The number of rotatable bonds is 4. The van der Waals surface area contributed by atoms with Crippen molar-refractivity contribution in [1.29, 1.82) is 0 Å². The fraction of sp³-hybridized carbons (Fsp3) is 0. The first-order chi connectivity index (χ1) is 8.49. The third-order valence-electron chi connectivity index (χ3n) is 1.82. The van der Waals surface area contributed by atoms with Crippen molar-refractivity contribution >= 4 is 11.9 Å². The van der Waals surface area contributed by atoms with Gasteiger partial charge in [0.1, 0.15) is 0 Å². The van der Waals surface area contributed by atoms with Crippen LogP contribution in [0.15, 0.2) is 37.4 Å². The molecule has 0 spiro atoms. The van der Waals surface area contributed by atoms with Gasteiger partial charge in [-0.3, -0.25) is 0 Å². The van der Waals surface area contributed by atoms with Gasteiger partial charge >= 0.3 is 11.9 Å². The summed E-state index contributed by atoms with van der Waals surface area (Å²) < 4.78 is 9.28. The third-order valence-corrected chi connectivity index (χ3v) is 1.82. The Balaban J connectivity index is 3.13. The zero-order valence-electron chi connectivity index (χ0n) is 9.25. The second kappa shape index (κ2) is 5.53. The second-order valence-electron chi connectivity index (χ2n) is 3.01. The monoisotopic (exact) mass is 250 g/mol. The average molecular weight is 250 g/mol. The predicted octanol–water partition coefficient (Wildman–Crippen LogP) is 1.28. The Labute approximate surface area is 102 Å². The molecule has 0 saturated carbocycles. The lowest BCUT2D eigenvalue weighted by Crippen LogP contribution is -2.06. The van der Waals surface area contributed by atoms with E-state index in [4.69, 9.17) is 0 Å². The van der Waals surface area contributed by atoms with E-state index in [0.29, 0.717) is 0 Å². The van der Waals surface area contributed by atoms with Crippen LogP contribution in [0.4, 0.5) is 0 Å². The van der Waals surface area contributed by atoms with E-state index in [1.54, 1.807) is 0 Å². The Bertz CT molecular complexity index is 518. The summed E-state index contributed by atoms with van der Waals surface area (Å²) in [5, 5.41) is 19.1. The number of hydrogen-bond acceptors (Lipinski definition) is 6. The largest absolute Gasteiger partial charge is 0.504 e. The van der Waals surface area contributed by atoms with Crippen LogP contribution in [0.3, 0.4) is 0 Å². The first kappa shape index (κ1) is 13.3. The van der Waals surface area contributed by atoms with E-state index in [9.17, 15) is 19.8 Å². The van der Waals surface area contributed by atoms with Crippen molar-refractivity contribution in [2.75, 3.05) is 0 Å². The van der Waals surface area contributed by atoms with Crippen molar-refractivity contribution in [2.24, 2.45) is 0 Å². The minimum atomic E-state index is -0.882. The van der Waals surface area contributed by atoms with E-state index in [1.165, 1.54) is 0 Å². The lowest BCUT2D eigenvalue weighted by molar-refractivity contribution is -0.129. The van der Waals surface area contributed by atoms with Gasteiger partial charge in [-0.25, -0.2) is 9.59 Å². The minimum Gasteiger partial charge on any atom is -0.504 e. The summed E-state index contributed by atoms with van der Waals surface area (Å²) in [5.74, 6) is -3.65. The number of carbonyl (C=O) groups is 2. The van der Waals surface area contributed by atoms with Crippen molar-refractivity contribution in [2.45, 2.75) is 0 Å². The van der Waals surface area contributed by atoms with Crippen LogP contribution in [0, 0.1) is 0 Å². The number of aromatic hydroxyl groups is 2. The zero-order chi connectivity index (χ0) is 13.7. The van der Waals surface area contributed by atoms with E-state index >= 15 is 0 Å². The molecule has 6 heteroatoms. The SMILES string of the molecule is C=CC(=O)Oc1ccc(O)c(OC(=O)C=C)c1O. The number of phenolic OH excluding ortho intramolecular Hbond substituents is 2. The Kier molecular flexibility index (Phi) is 4.09. The van der Waals surface area contributed by atoms with Crippen molar-refractivity contribution in [3.05, 3.63) is 37.4 Å². The highest BCUT2D eigenvalue weighted by molar-refractivity contribution is 5.86. The predicted molar refractivity (Wildman–Crippen MR) is 61.4 cm³/mol. The van der Waals surface area contributed by atoms with Gasteiger partial charge in [0.2, 0.25) is 11.5 Å². The first-order valence-electron chi connectivity index (χ1n) is 4.73. The highest BCUT2D eigenvalue weighted by Gasteiger charge is 2.18. The van der Waals surface area contributed by atoms with E-state index < -0.39 is 29.2 Å². The zero-order valence-corrected chi connectivity index (χ0v) is 9.25. The molecule has 2 N–H and O–H groups in total. The molecule has 0 aliphatic heterocycles. The number of esters is 2. The molecular formula is C12H10O6. The Morgan fingerprint density at radius 2 is 1.61 bits per heavy atom. The van der Waals surface area contributed by atoms with Gasteiger partial charge in [0.25, 0.3) is 0 Å². The lowest BCUT2D eigenvalue weighted by atomic mass is 10.2. The van der Waals surface area contributed by atoms with E-state index in [2.05, 4.69) is 22.6 Å². The van der Waals surface area contributed by atoms with Crippen LogP contribution in [-0.4, -0.2) is 22.2 Å². The number of ether oxygens (including phenoxy) is 2. The quantitative estimate of drug-likeness (QED) is 0.475. The lowest BCUT2D eigenvalue weighted by Gasteiger charge is -2.10. The molecule has 0 fully saturated rings. The van der Waals surface area contributed by atoms with Crippen LogP contribution < -0.4 is 9.47 Å². The summed E-state index contributed by atoms with van der Waals surface area (Å²) in [4.78, 5) is 22.0. The first-order valence-corrected chi connectivity index (χ1v) is 4.73. The fourth-order valence-electron chi connectivity index (χ4n) is 1.02. The average Bonchev–Trinajstić information content (AvgIpc) is 2.37. The van der Waals surface area contributed by atoms with Gasteiger partial charge in [-0.2, -0.15) is 0 Å². The fourth-order valence-corrected chi connectivity index (χ4v) is 1.02. The van der Waals surface area contributed by atoms with Crippen molar-refractivity contribution in [3.8, 4) is 23.0 Å². The summed E-state index contributed by atoms with van der Waals surface area (Å²) in [6.45, 7) is 6.35. The summed E-state index contributed by atoms with van der Waals surface area (Å²) >= 11 is 0. The Hall–Kier alpha value is -2.76. The molecule has 0 unspecified atom stereocenters. The van der Waals surface area contributed by atoms with Gasteiger partial charge in [-0.15, -0.1) is 0 Å². The number of hydrogen-bond donors (Lipinski definition) is 2. The van der Waals surface area contributed by atoms with Crippen LogP contribution in [-0.2, 0) is 9.59 Å². The van der Waals surface area contributed by atoms with Crippen molar-refractivity contribution in [1.82, 2.24) is 0 Å². The third kappa shape index (κ3) is 2.88. The van der Waals surface area contributed by atoms with Gasteiger partial charge in [-0.05, 0) is 12.1 Å². The number of carbonyl (C=O) groups excluding carboxylic acids is 2. The number of phenols is 2. The summed E-state index contributed by atoms with van der Waals surface area (Å²) in [6.07, 6.45) is 1.74. The smallest absolute Gasteiger partial charge is 0.335 e. The molecule has 0 atom stereocenters. The van der Waals surface area contributed by atoms with Crippen LogP contribution in [0.5, 0.6) is 23.0 Å². The molecule has 0 amide bonds. The van der Waals surface area contributed by atoms with E-state index in [-0.39, 0.29) is 5.75 Å². The van der Waals surface area contributed by atoms with Gasteiger partial charge in [-0.1, -0.05) is 13.2 Å². The Morgan fingerprint density at radius 3 is 2.17 bits per heavy atom. The second-order valence-corrected chi connectivity index (χ2v) is 3.01. The minimum absolute atomic E-state index is 0.274. The van der Waals surface area contributed by atoms with Gasteiger partial charge < -0.3 is 19.7 Å². The van der Waals surface area contributed by atoms with Gasteiger partial charge in [0.15, 0.2) is 11.5 Å². The molecule has 0 saturated heterocycles. The normalized spacial score (nSPS) is 9.33. The Morgan fingerprint density at radius 1 is 1.06 bits per heavy atom. The summed E-state index contributed by atoms with van der Waals surface area (Å²) in [5.41, 5.74) is 0. The van der Waals surface area contributed by atoms with Gasteiger partial charge in [0, 0.05) is 12.2 Å². The maximum Gasteiger partial charge on any atom is 0.335 e. The number of benzene rings is 1. The molecule has 0 heterocycles. The molecule has 0 bridgehead atoms. The van der Waals surface area contributed by atoms with Crippen molar-refractivity contribution in [3.63, 3.8) is 0 Å². The molecule has 0 aliphatic rings. The highest BCUT2D eigenvalue weighted by Crippen LogP contribution is 2.42. The topological polar surface area (TPSA) is 93.1 Å². The molecule has 0 aromatic heterocycles. The molecule has 18 heavy (non-hydrogen) atoms. The molecule has 6 nitrogen and oxygen atoms in total. The van der Waals surface area contributed by atoms with Crippen molar-refractivity contribution < 1.29 is 29.3 Å². The van der Waals surface area contributed by atoms with Crippen LogP contribution in [0.1, 0.15) is 0 Å². The molecule has 1 rings (SSSR count). The summed E-state index contributed by atoms with van der Waals surface area (Å²) in [7, 11) is 0. The molecule has 1 aromatic carbocycles. The molecule has 1 aromatic rings. The van der Waals surface area contributed by atoms with Crippen LogP contribution in [0.2, 0.25) is 0 Å². The van der Waals surface area contributed by atoms with Gasteiger partial charge in [0.05, 0.1) is 0 Å². The van der Waals surface area contributed by atoms with Crippen LogP contribution >= 0.6 is 0 Å². The molecule has 0 radical (unpaired) electrons. The standard InChI is InChI=1S/C12H10O6/c1-3-9(14)17-8-6-5-7(13)12(11(8)16)18-10(15)4-2/h3-6,13,16H,1-2H2. The van der Waals surface area contributed by atoms with E-state index in [0.717, 1.165) is 24.3 Å².